The maximum atomic E-state index is 13.4. The molecule has 1 aromatic rings. The Labute approximate surface area is 123 Å². The van der Waals surface area contributed by atoms with Gasteiger partial charge in [-0.2, -0.15) is 4.31 Å². The summed E-state index contributed by atoms with van der Waals surface area (Å²) in [4.78, 5) is -0.0708. The van der Waals surface area contributed by atoms with Gasteiger partial charge in [0.1, 0.15) is 10.7 Å². The normalized spacial score (nSPS) is 19.8. The van der Waals surface area contributed by atoms with Crippen molar-refractivity contribution in [2.24, 2.45) is 0 Å². The van der Waals surface area contributed by atoms with Crippen molar-refractivity contribution in [1.29, 1.82) is 0 Å². The number of halogens is 2. The minimum Gasteiger partial charge on any atom is -0.377 e. The lowest BCUT2D eigenvalue weighted by Gasteiger charge is -2.21. The molecule has 1 aliphatic heterocycles. The Kier molecular flexibility index (Phi) is 4.69. The number of hydrogen-bond acceptors (Lipinski definition) is 3. The number of benzene rings is 1. The summed E-state index contributed by atoms with van der Waals surface area (Å²) in [5.74, 6) is -0.518. The van der Waals surface area contributed by atoms with Gasteiger partial charge in [0.2, 0.25) is 10.0 Å². The van der Waals surface area contributed by atoms with Crippen LogP contribution in [-0.2, 0) is 14.8 Å². The lowest BCUT2D eigenvalue weighted by atomic mass is 10.2. The number of rotatable bonds is 4. The molecule has 7 heteroatoms. The fraction of sp³-hybridized carbons (Fsp3) is 0.538. The molecule has 0 saturated carbocycles. The Bertz CT molecular complexity index is 600. The van der Waals surface area contributed by atoms with E-state index in [9.17, 15) is 12.8 Å². The molecule has 0 unspecified atom stereocenters. The molecule has 0 bridgehead atoms. The number of aryl methyl sites for hydroxylation is 1. The Hall–Kier alpha value is -0.690. The average molecular weight is 322 g/mol. The molecule has 1 fully saturated rings. The molecule has 20 heavy (non-hydrogen) atoms. The third kappa shape index (κ3) is 3.14. The lowest BCUT2D eigenvalue weighted by Crippen LogP contribution is -2.34. The molecule has 0 amide bonds. The molecule has 0 N–H and O–H groups in total. The zero-order valence-corrected chi connectivity index (χ0v) is 13.0. The van der Waals surface area contributed by atoms with Gasteiger partial charge in [-0.15, -0.1) is 0 Å². The highest BCUT2D eigenvalue weighted by molar-refractivity contribution is 7.89. The van der Waals surface area contributed by atoms with Gasteiger partial charge in [0, 0.05) is 20.2 Å². The van der Waals surface area contributed by atoms with Crippen LogP contribution in [0.1, 0.15) is 18.4 Å². The number of hydrogen-bond donors (Lipinski definition) is 0. The lowest BCUT2D eigenvalue weighted by molar-refractivity contribution is 0.0979. The highest BCUT2D eigenvalue weighted by Crippen LogP contribution is 2.27. The van der Waals surface area contributed by atoms with Gasteiger partial charge in [-0.25, -0.2) is 12.8 Å². The van der Waals surface area contributed by atoms with E-state index in [4.69, 9.17) is 16.3 Å². The van der Waals surface area contributed by atoms with E-state index in [2.05, 4.69) is 0 Å². The van der Waals surface area contributed by atoms with E-state index >= 15 is 0 Å². The summed E-state index contributed by atoms with van der Waals surface area (Å²) in [6.45, 7) is 2.44. The number of likely N-dealkylation sites (N-methyl/N-ethyl adjacent to an activating group) is 1. The summed E-state index contributed by atoms with van der Waals surface area (Å²) in [6.07, 6.45) is 1.69. The summed E-state index contributed by atoms with van der Waals surface area (Å²) < 4.78 is 44.9. The molecule has 1 atom stereocenters. The first kappa shape index (κ1) is 15.7. The fourth-order valence-electron chi connectivity index (χ4n) is 2.17. The number of ether oxygens (including phenoxy) is 1. The summed E-state index contributed by atoms with van der Waals surface area (Å²) in [6, 6.07) is 2.29. The predicted molar refractivity (Wildman–Crippen MR) is 74.9 cm³/mol. The van der Waals surface area contributed by atoms with E-state index in [0.717, 1.165) is 18.9 Å². The third-order valence-corrected chi connectivity index (χ3v) is 5.67. The second kappa shape index (κ2) is 5.97. The molecular weight excluding hydrogens is 305 g/mol. The second-order valence-corrected chi connectivity index (χ2v) is 7.37. The molecule has 0 aromatic heterocycles. The first-order valence-corrected chi connectivity index (χ1v) is 8.18. The predicted octanol–water partition coefficient (Wildman–Crippen LogP) is 2.59. The largest absolute Gasteiger partial charge is 0.377 e. The van der Waals surface area contributed by atoms with Gasteiger partial charge in [0.25, 0.3) is 0 Å². The summed E-state index contributed by atoms with van der Waals surface area (Å²) in [5.41, 5.74) is 0.249. The summed E-state index contributed by atoms with van der Waals surface area (Å²) in [7, 11) is -2.26. The Morgan fingerprint density at radius 1 is 1.50 bits per heavy atom. The van der Waals surface area contributed by atoms with Gasteiger partial charge in [-0.05, 0) is 37.5 Å². The summed E-state index contributed by atoms with van der Waals surface area (Å²) in [5, 5.41) is -0.104. The van der Waals surface area contributed by atoms with E-state index < -0.39 is 15.8 Å². The van der Waals surface area contributed by atoms with Crippen LogP contribution in [0.4, 0.5) is 4.39 Å². The Morgan fingerprint density at radius 2 is 2.20 bits per heavy atom. The van der Waals surface area contributed by atoms with Crippen molar-refractivity contribution in [3.8, 4) is 0 Å². The minimum atomic E-state index is -3.74. The molecular formula is C13H17ClFNO3S. The Balaban J connectivity index is 2.27. The van der Waals surface area contributed by atoms with Gasteiger partial charge in [-0.1, -0.05) is 11.6 Å². The SMILES string of the molecule is Cc1cc(S(=O)(=O)N(C)C[C@H]2CCCO2)c(Cl)cc1F. The Morgan fingerprint density at radius 3 is 2.80 bits per heavy atom. The monoisotopic (exact) mass is 321 g/mol. The zero-order valence-electron chi connectivity index (χ0n) is 11.4. The van der Waals surface area contributed by atoms with Crippen molar-refractivity contribution in [3.05, 3.63) is 28.5 Å². The molecule has 1 aliphatic rings. The molecule has 0 aliphatic carbocycles. The van der Waals surface area contributed by atoms with Crippen molar-refractivity contribution >= 4 is 21.6 Å². The van der Waals surface area contributed by atoms with Crippen LogP contribution in [0.2, 0.25) is 5.02 Å². The standard InChI is InChI=1S/C13H17ClFNO3S/c1-9-6-13(11(14)7-12(9)15)20(17,18)16(2)8-10-4-3-5-19-10/h6-7,10H,3-5,8H2,1-2H3/t10-/m1/s1. The van der Waals surface area contributed by atoms with Gasteiger partial charge < -0.3 is 4.74 Å². The van der Waals surface area contributed by atoms with E-state index in [0.29, 0.717) is 6.61 Å². The fourth-order valence-corrected chi connectivity index (χ4v) is 3.94. The third-order valence-electron chi connectivity index (χ3n) is 3.39. The van der Waals surface area contributed by atoms with E-state index in [1.54, 1.807) is 0 Å². The quantitative estimate of drug-likeness (QED) is 0.856. The van der Waals surface area contributed by atoms with Crippen LogP contribution in [0.3, 0.4) is 0 Å². The van der Waals surface area contributed by atoms with E-state index in [-0.39, 0.29) is 28.1 Å². The molecule has 1 heterocycles. The van der Waals surface area contributed by atoms with Crippen LogP contribution < -0.4 is 0 Å². The molecule has 4 nitrogen and oxygen atoms in total. The molecule has 112 valence electrons. The molecule has 0 radical (unpaired) electrons. The van der Waals surface area contributed by atoms with Gasteiger partial charge >= 0.3 is 0 Å². The van der Waals surface area contributed by atoms with Crippen LogP contribution >= 0.6 is 11.6 Å². The highest BCUT2D eigenvalue weighted by atomic mass is 35.5. The number of sulfonamides is 1. The molecule has 0 spiro atoms. The van der Waals surface area contributed by atoms with Crippen LogP contribution in [0.5, 0.6) is 0 Å². The second-order valence-electron chi connectivity index (χ2n) is 4.95. The van der Waals surface area contributed by atoms with Crippen molar-refractivity contribution < 1.29 is 17.5 Å². The maximum absolute atomic E-state index is 13.4. The molecule has 1 saturated heterocycles. The number of nitrogens with zero attached hydrogens (tertiary/aromatic N) is 1. The van der Waals surface area contributed by atoms with Crippen LogP contribution in [0.25, 0.3) is 0 Å². The minimum absolute atomic E-state index is 0.0708. The van der Waals surface area contributed by atoms with Crippen LogP contribution in [-0.4, -0.2) is 39.0 Å². The summed E-state index contributed by atoms with van der Waals surface area (Å²) >= 11 is 5.87. The maximum Gasteiger partial charge on any atom is 0.244 e. The van der Waals surface area contributed by atoms with Crippen LogP contribution in [0, 0.1) is 12.7 Å². The van der Waals surface area contributed by atoms with Crippen molar-refractivity contribution in [2.75, 3.05) is 20.2 Å². The van der Waals surface area contributed by atoms with Gasteiger partial charge in [0.05, 0.1) is 11.1 Å². The highest BCUT2D eigenvalue weighted by Gasteiger charge is 2.28. The van der Waals surface area contributed by atoms with Crippen molar-refractivity contribution in [1.82, 2.24) is 4.31 Å². The van der Waals surface area contributed by atoms with E-state index in [1.807, 2.05) is 0 Å². The van der Waals surface area contributed by atoms with Crippen LogP contribution in [0.15, 0.2) is 17.0 Å². The van der Waals surface area contributed by atoms with E-state index in [1.165, 1.54) is 24.3 Å². The first-order chi connectivity index (χ1) is 9.32. The topological polar surface area (TPSA) is 46.6 Å². The smallest absolute Gasteiger partial charge is 0.244 e. The zero-order chi connectivity index (χ0) is 14.9. The average Bonchev–Trinajstić information content (AvgIpc) is 2.86. The molecule has 2 rings (SSSR count). The van der Waals surface area contributed by atoms with Crippen molar-refractivity contribution in [2.45, 2.75) is 30.8 Å². The van der Waals surface area contributed by atoms with Crippen molar-refractivity contribution in [3.63, 3.8) is 0 Å². The molecule has 1 aromatic carbocycles. The first-order valence-electron chi connectivity index (χ1n) is 6.36. The van der Waals surface area contributed by atoms with Gasteiger partial charge in [0.15, 0.2) is 0 Å². The van der Waals surface area contributed by atoms with Gasteiger partial charge in [-0.3, -0.25) is 0 Å².